The Morgan fingerprint density at radius 3 is 3.08 bits per heavy atom. The average molecular weight is 179 g/mol. The number of aliphatic carboxylic acids is 1. The van der Waals surface area contributed by atoms with Crippen LogP contribution in [0.15, 0.2) is 24.4 Å². The molecule has 1 rings (SSSR count). The highest BCUT2D eigenvalue weighted by atomic mass is 16.5. The molecule has 0 aliphatic heterocycles. The molecule has 0 atom stereocenters. The fourth-order valence-corrected chi connectivity index (χ4v) is 0.851. The van der Waals surface area contributed by atoms with Gasteiger partial charge in [-0.2, -0.15) is 0 Å². The molecule has 1 aromatic heterocycles. The maximum absolute atomic E-state index is 10.2. The predicted octanol–water partition coefficient (Wildman–Crippen LogP) is 1.19. The highest BCUT2D eigenvalue weighted by Gasteiger charge is 1.98. The van der Waals surface area contributed by atoms with Gasteiger partial charge in [0.25, 0.3) is 0 Å². The zero-order valence-electron chi connectivity index (χ0n) is 7.10. The Morgan fingerprint density at radius 1 is 1.69 bits per heavy atom. The van der Waals surface area contributed by atoms with Crippen LogP contribution in [0.25, 0.3) is 6.08 Å². The van der Waals surface area contributed by atoms with Crippen LogP contribution < -0.4 is 4.74 Å². The van der Waals surface area contributed by atoms with Crippen LogP contribution in [0.2, 0.25) is 0 Å². The van der Waals surface area contributed by atoms with Crippen molar-refractivity contribution in [3.63, 3.8) is 0 Å². The predicted molar refractivity (Wildman–Crippen MR) is 47.5 cm³/mol. The second kappa shape index (κ2) is 4.25. The van der Waals surface area contributed by atoms with E-state index in [1.165, 1.54) is 13.2 Å². The molecule has 0 spiro atoms. The average Bonchev–Trinajstić information content (AvgIpc) is 2.15. The first kappa shape index (κ1) is 9.25. The quantitative estimate of drug-likeness (QED) is 0.708. The van der Waals surface area contributed by atoms with E-state index in [2.05, 4.69) is 4.98 Å². The summed E-state index contributed by atoms with van der Waals surface area (Å²) in [4.78, 5) is 14.2. The van der Waals surface area contributed by atoms with Gasteiger partial charge in [-0.1, -0.05) is 0 Å². The topological polar surface area (TPSA) is 59.4 Å². The van der Waals surface area contributed by atoms with Gasteiger partial charge in [-0.05, 0) is 18.2 Å². The summed E-state index contributed by atoms with van der Waals surface area (Å²) in [5, 5.41) is 8.38. The number of carboxylic acid groups (broad SMARTS) is 1. The zero-order chi connectivity index (χ0) is 9.68. The number of ether oxygens (including phenoxy) is 1. The minimum absolute atomic E-state index is 0.507. The van der Waals surface area contributed by atoms with Gasteiger partial charge in [-0.15, -0.1) is 0 Å². The molecule has 0 saturated heterocycles. The summed E-state index contributed by atoms with van der Waals surface area (Å²) in [6, 6.07) is 3.44. The van der Waals surface area contributed by atoms with E-state index in [0.29, 0.717) is 11.4 Å². The van der Waals surface area contributed by atoms with Crippen LogP contribution in [0.5, 0.6) is 5.75 Å². The van der Waals surface area contributed by atoms with Crippen molar-refractivity contribution in [2.75, 3.05) is 7.11 Å². The molecular weight excluding hydrogens is 170 g/mol. The molecule has 0 saturated carbocycles. The Labute approximate surface area is 75.5 Å². The van der Waals surface area contributed by atoms with Crippen molar-refractivity contribution in [2.24, 2.45) is 0 Å². The number of methoxy groups -OCH3 is 1. The molecule has 0 bridgehead atoms. The van der Waals surface area contributed by atoms with Crippen molar-refractivity contribution in [1.82, 2.24) is 4.98 Å². The number of nitrogens with zero attached hydrogens (tertiary/aromatic N) is 1. The second-order valence-electron chi connectivity index (χ2n) is 2.26. The maximum atomic E-state index is 10.2. The van der Waals surface area contributed by atoms with E-state index in [1.807, 2.05) is 0 Å². The largest absolute Gasteiger partial charge is 0.494 e. The van der Waals surface area contributed by atoms with Gasteiger partial charge in [-0.25, -0.2) is 4.79 Å². The van der Waals surface area contributed by atoms with Gasteiger partial charge in [0.15, 0.2) is 0 Å². The number of aromatic nitrogens is 1. The number of hydrogen-bond acceptors (Lipinski definition) is 3. The third kappa shape index (κ3) is 2.59. The molecule has 0 unspecified atom stereocenters. The van der Waals surface area contributed by atoms with Gasteiger partial charge in [-0.3, -0.25) is 4.98 Å². The number of carboxylic acids is 1. The van der Waals surface area contributed by atoms with Crippen LogP contribution in [0.4, 0.5) is 0 Å². The summed E-state index contributed by atoms with van der Waals surface area (Å²) in [5.41, 5.74) is 0.507. The fourth-order valence-electron chi connectivity index (χ4n) is 0.851. The smallest absolute Gasteiger partial charge is 0.328 e. The number of carbonyl (C=O) groups is 1. The first-order valence-electron chi connectivity index (χ1n) is 3.64. The molecule has 0 amide bonds. The summed E-state index contributed by atoms with van der Waals surface area (Å²) in [5.74, 6) is -0.451. The Morgan fingerprint density at radius 2 is 2.46 bits per heavy atom. The lowest BCUT2D eigenvalue weighted by atomic mass is 10.3. The molecule has 0 aliphatic carbocycles. The van der Waals surface area contributed by atoms with E-state index in [-0.39, 0.29) is 0 Å². The molecule has 4 nitrogen and oxygen atoms in total. The van der Waals surface area contributed by atoms with Crippen LogP contribution >= 0.6 is 0 Å². The lowest BCUT2D eigenvalue weighted by Crippen LogP contribution is -1.91. The summed E-state index contributed by atoms with van der Waals surface area (Å²) in [6.07, 6.45) is 3.98. The zero-order valence-corrected chi connectivity index (χ0v) is 7.10. The van der Waals surface area contributed by atoms with E-state index < -0.39 is 5.97 Å². The maximum Gasteiger partial charge on any atom is 0.328 e. The standard InChI is InChI=1S/C9H9NO3/c1-13-8-3-2-6-10-7(8)4-5-9(11)12/h2-6H,1H3,(H,11,12)/b5-4+. The molecule has 0 radical (unpaired) electrons. The van der Waals surface area contributed by atoms with Gasteiger partial charge >= 0.3 is 5.97 Å². The lowest BCUT2D eigenvalue weighted by Gasteiger charge is -2.01. The van der Waals surface area contributed by atoms with Crippen molar-refractivity contribution < 1.29 is 14.6 Å². The second-order valence-corrected chi connectivity index (χ2v) is 2.26. The third-order valence-corrected chi connectivity index (χ3v) is 1.40. The van der Waals surface area contributed by atoms with Crippen molar-refractivity contribution >= 4 is 12.0 Å². The van der Waals surface area contributed by atoms with Crippen LogP contribution in [0.3, 0.4) is 0 Å². The normalized spacial score (nSPS) is 10.2. The molecule has 1 N–H and O–H groups in total. The molecule has 13 heavy (non-hydrogen) atoms. The summed E-state index contributed by atoms with van der Waals surface area (Å²) in [6.45, 7) is 0. The Hall–Kier alpha value is -1.84. The molecule has 4 heteroatoms. The van der Waals surface area contributed by atoms with Crippen LogP contribution in [0, 0.1) is 0 Å². The molecular formula is C9H9NO3. The Kier molecular flexibility index (Phi) is 3.03. The third-order valence-electron chi connectivity index (χ3n) is 1.40. The van der Waals surface area contributed by atoms with E-state index in [9.17, 15) is 4.79 Å². The number of rotatable bonds is 3. The first-order chi connectivity index (χ1) is 6.24. The molecule has 0 fully saturated rings. The van der Waals surface area contributed by atoms with Gasteiger partial charge < -0.3 is 9.84 Å². The first-order valence-corrected chi connectivity index (χ1v) is 3.64. The molecule has 0 aliphatic rings. The highest BCUT2D eigenvalue weighted by Crippen LogP contribution is 2.15. The van der Waals surface area contributed by atoms with Crippen LogP contribution in [0.1, 0.15) is 5.69 Å². The number of hydrogen-bond donors (Lipinski definition) is 1. The summed E-state index contributed by atoms with van der Waals surface area (Å²) >= 11 is 0. The van der Waals surface area contributed by atoms with Crippen LogP contribution in [-0.2, 0) is 4.79 Å². The van der Waals surface area contributed by atoms with E-state index >= 15 is 0 Å². The van der Waals surface area contributed by atoms with Gasteiger partial charge in [0, 0.05) is 12.3 Å². The Bertz CT molecular complexity index is 333. The minimum atomic E-state index is -1.01. The van der Waals surface area contributed by atoms with E-state index in [4.69, 9.17) is 9.84 Å². The summed E-state index contributed by atoms with van der Waals surface area (Å²) in [7, 11) is 1.51. The molecule has 1 aromatic rings. The van der Waals surface area contributed by atoms with Gasteiger partial charge in [0.2, 0.25) is 0 Å². The Balaban J connectivity index is 2.93. The van der Waals surface area contributed by atoms with Crippen LogP contribution in [-0.4, -0.2) is 23.2 Å². The highest BCUT2D eigenvalue weighted by molar-refractivity contribution is 5.85. The van der Waals surface area contributed by atoms with Gasteiger partial charge in [0.1, 0.15) is 11.4 Å². The monoisotopic (exact) mass is 179 g/mol. The van der Waals surface area contributed by atoms with Crippen molar-refractivity contribution in [1.29, 1.82) is 0 Å². The molecule has 1 heterocycles. The van der Waals surface area contributed by atoms with E-state index in [1.54, 1.807) is 18.3 Å². The van der Waals surface area contributed by atoms with Gasteiger partial charge in [0.05, 0.1) is 7.11 Å². The fraction of sp³-hybridized carbons (Fsp3) is 0.111. The summed E-state index contributed by atoms with van der Waals surface area (Å²) < 4.78 is 4.97. The lowest BCUT2D eigenvalue weighted by molar-refractivity contribution is -0.131. The SMILES string of the molecule is COc1cccnc1/C=C/C(=O)O. The van der Waals surface area contributed by atoms with E-state index in [0.717, 1.165) is 6.08 Å². The van der Waals surface area contributed by atoms with Crippen molar-refractivity contribution in [3.8, 4) is 5.75 Å². The minimum Gasteiger partial charge on any atom is -0.494 e. The molecule has 68 valence electrons. The molecule has 0 aromatic carbocycles. The van der Waals surface area contributed by atoms with Crippen molar-refractivity contribution in [2.45, 2.75) is 0 Å². The van der Waals surface area contributed by atoms with Crippen molar-refractivity contribution in [3.05, 3.63) is 30.1 Å². The number of pyridine rings is 1.